The quantitative estimate of drug-likeness (QED) is 0.701. The van der Waals surface area contributed by atoms with Crippen LogP contribution in [0.2, 0.25) is 0 Å². The molecule has 0 saturated heterocycles. The van der Waals surface area contributed by atoms with Gasteiger partial charge >= 0.3 is 0 Å². The molecule has 2 aromatic heterocycles. The van der Waals surface area contributed by atoms with Crippen LogP contribution in [-0.4, -0.2) is 28.0 Å². The molecular weight excluding hydrogens is 194 g/mol. The van der Waals surface area contributed by atoms with Crippen molar-refractivity contribution in [2.75, 3.05) is 7.11 Å². The molecule has 5 heteroatoms. The van der Waals surface area contributed by atoms with Gasteiger partial charge < -0.3 is 4.74 Å². The molecule has 5 nitrogen and oxygen atoms in total. The molecule has 0 unspecified atom stereocenters. The van der Waals surface area contributed by atoms with E-state index in [1.54, 1.807) is 23.9 Å². The molecule has 0 bridgehead atoms. The minimum Gasteiger partial charge on any atom is -0.377 e. The predicted octanol–water partition coefficient (Wildman–Crippen LogP) is 0.997. The molecule has 2 rings (SSSR count). The monoisotopic (exact) mass is 205 g/mol. The molecule has 0 N–H and O–H groups in total. The molecule has 0 spiro atoms. The number of hydrogen-bond donors (Lipinski definition) is 0. The van der Waals surface area contributed by atoms with Gasteiger partial charge in [-0.1, -0.05) is 0 Å². The van der Waals surface area contributed by atoms with Crippen LogP contribution in [0.5, 0.6) is 0 Å². The number of nitrogens with zero attached hydrogens (tertiary/aromatic N) is 3. The van der Waals surface area contributed by atoms with Crippen LogP contribution in [0.4, 0.5) is 0 Å². The normalized spacial score (nSPS) is 10.8. The van der Waals surface area contributed by atoms with Crippen LogP contribution >= 0.6 is 0 Å². The largest absolute Gasteiger partial charge is 0.377 e. The standard InChI is InChI=1S/C10H11N3O2/c1-7-3-8(5-14)4-13-10(7)11-9(12-13)6-15-2/h3-5H,6H2,1-2H3. The van der Waals surface area contributed by atoms with Crippen molar-refractivity contribution < 1.29 is 9.53 Å². The molecule has 0 aliphatic rings. The average molecular weight is 205 g/mol. The van der Waals surface area contributed by atoms with E-state index in [9.17, 15) is 4.79 Å². The van der Waals surface area contributed by atoms with E-state index in [0.717, 1.165) is 17.5 Å². The zero-order valence-corrected chi connectivity index (χ0v) is 8.60. The second-order valence-electron chi connectivity index (χ2n) is 3.30. The zero-order valence-electron chi connectivity index (χ0n) is 8.60. The fourth-order valence-corrected chi connectivity index (χ4v) is 1.47. The fourth-order valence-electron chi connectivity index (χ4n) is 1.47. The molecule has 0 fully saturated rings. The molecule has 15 heavy (non-hydrogen) atoms. The summed E-state index contributed by atoms with van der Waals surface area (Å²) in [6.07, 6.45) is 2.45. The Hall–Kier alpha value is -1.75. The average Bonchev–Trinajstić information content (AvgIpc) is 2.61. The lowest BCUT2D eigenvalue weighted by atomic mass is 10.2. The van der Waals surface area contributed by atoms with E-state index in [1.807, 2.05) is 6.92 Å². The summed E-state index contributed by atoms with van der Waals surface area (Å²) < 4.78 is 6.55. The lowest BCUT2D eigenvalue weighted by molar-refractivity contribution is 0.112. The number of aldehydes is 1. The van der Waals surface area contributed by atoms with Crippen molar-refractivity contribution in [2.24, 2.45) is 0 Å². The number of carbonyl (C=O) groups excluding carboxylic acids is 1. The van der Waals surface area contributed by atoms with Crippen LogP contribution in [0.25, 0.3) is 5.65 Å². The highest BCUT2D eigenvalue weighted by Gasteiger charge is 2.06. The third-order valence-corrected chi connectivity index (χ3v) is 2.09. The SMILES string of the molecule is COCc1nc2c(C)cc(C=O)cn2n1. The summed E-state index contributed by atoms with van der Waals surface area (Å²) in [5, 5.41) is 4.19. The van der Waals surface area contributed by atoms with Gasteiger partial charge in [-0.05, 0) is 18.6 Å². The Morgan fingerprint density at radius 3 is 3.07 bits per heavy atom. The van der Waals surface area contributed by atoms with Crippen molar-refractivity contribution in [3.63, 3.8) is 0 Å². The van der Waals surface area contributed by atoms with Crippen LogP contribution in [0.1, 0.15) is 21.7 Å². The topological polar surface area (TPSA) is 56.5 Å². The number of rotatable bonds is 3. The third kappa shape index (κ3) is 1.73. The number of pyridine rings is 1. The van der Waals surface area contributed by atoms with Crippen LogP contribution in [0.3, 0.4) is 0 Å². The Morgan fingerprint density at radius 2 is 2.40 bits per heavy atom. The Kier molecular flexibility index (Phi) is 2.47. The first-order valence-corrected chi connectivity index (χ1v) is 4.54. The van der Waals surface area contributed by atoms with Crippen LogP contribution in [0, 0.1) is 6.92 Å². The maximum Gasteiger partial charge on any atom is 0.177 e. The van der Waals surface area contributed by atoms with Crippen molar-refractivity contribution in [1.82, 2.24) is 14.6 Å². The van der Waals surface area contributed by atoms with Gasteiger partial charge in [0, 0.05) is 18.9 Å². The van der Waals surface area contributed by atoms with E-state index >= 15 is 0 Å². The molecule has 0 aliphatic carbocycles. The number of aromatic nitrogens is 3. The van der Waals surface area contributed by atoms with Crippen molar-refractivity contribution >= 4 is 11.9 Å². The van der Waals surface area contributed by atoms with Gasteiger partial charge in [0.15, 0.2) is 17.8 Å². The van der Waals surface area contributed by atoms with Crippen LogP contribution in [-0.2, 0) is 11.3 Å². The van der Waals surface area contributed by atoms with Gasteiger partial charge in [0.25, 0.3) is 0 Å². The smallest absolute Gasteiger partial charge is 0.177 e. The first-order valence-electron chi connectivity index (χ1n) is 4.54. The van der Waals surface area contributed by atoms with Crippen LogP contribution < -0.4 is 0 Å². The van der Waals surface area contributed by atoms with E-state index in [-0.39, 0.29) is 0 Å². The number of ether oxygens (including phenoxy) is 1. The number of aryl methyl sites for hydroxylation is 1. The summed E-state index contributed by atoms with van der Waals surface area (Å²) in [5.74, 6) is 0.614. The molecule has 0 aromatic carbocycles. The maximum atomic E-state index is 10.6. The molecule has 0 radical (unpaired) electrons. The highest BCUT2D eigenvalue weighted by Crippen LogP contribution is 2.10. The molecule has 2 aromatic rings. The van der Waals surface area contributed by atoms with Gasteiger partial charge in [-0.25, -0.2) is 9.50 Å². The Labute approximate surface area is 86.7 Å². The number of carbonyl (C=O) groups is 1. The van der Waals surface area contributed by atoms with Gasteiger partial charge in [0.05, 0.1) is 0 Å². The van der Waals surface area contributed by atoms with Gasteiger partial charge in [0.2, 0.25) is 0 Å². The lowest BCUT2D eigenvalue weighted by Gasteiger charge is -1.96. The second-order valence-corrected chi connectivity index (χ2v) is 3.30. The van der Waals surface area contributed by atoms with E-state index in [0.29, 0.717) is 18.0 Å². The second kappa shape index (κ2) is 3.78. The van der Waals surface area contributed by atoms with Gasteiger partial charge in [-0.2, -0.15) is 0 Å². The number of fused-ring (bicyclic) bond motifs is 1. The van der Waals surface area contributed by atoms with Crippen molar-refractivity contribution in [3.8, 4) is 0 Å². The van der Waals surface area contributed by atoms with Crippen molar-refractivity contribution in [2.45, 2.75) is 13.5 Å². The summed E-state index contributed by atoms with van der Waals surface area (Å²) in [4.78, 5) is 14.9. The molecule has 0 amide bonds. The molecule has 0 aliphatic heterocycles. The van der Waals surface area contributed by atoms with E-state index < -0.39 is 0 Å². The first kappa shape index (κ1) is 9.79. The Morgan fingerprint density at radius 1 is 1.60 bits per heavy atom. The van der Waals surface area contributed by atoms with E-state index in [4.69, 9.17) is 4.74 Å². The van der Waals surface area contributed by atoms with E-state index in [2.05, 4.69) is 10.1 Å². The van der Waals surface area contributed by atoms with Gasteiger partial charge in [-0.15, -0.1) is 5.10 Å². The summed E-state index contributed by atoms with van der Waals surface area (Å²) >= 11 is 0. The molecule has 78 valence electrons. The minimum atomic E-state index is 0.373. The van der Waals surface area contributed by atoms with Crippen molar-refractivity contribution in [3.05, 3.63) is 29.2 Å². The lowest BCUT2D eigenvalue weighted by Crippen LogP contribution is -1.94. The van der Waals surface area contributed by atoms with E-state index in [1.165, 1.54) is 0 Å². The van der Waals surface area contributed by atoms with Crippen molar-refractivity contribution in [1.29, 1.82) is 0 Å². The van der Waals surface area contributed by atoms with Crippen LogP contribution in [0.15, 0.2) is 12.3 Å². The summed E-state index contributed by atoms with van der Waals surface area (Å²) in [6, 6.07) is 1.79. The summed E-state index contributed by atoms with van der Waals surface area (Å²) in [7, 11) is 1.59. The first-order chi connectivity index (χ1) is 7.24. The maximum absolute atomic E-state index is 10.6. The molecule has 0 saturated carbocycles. The molecule has 0 atom stereocenters. The number of methoxy groups -OCH3 is 1. The van der Waals surface area contributed by atoms with Gasteiger partial charge in [-0.3, -0.25) is 4.79 Å². The minimum absolute atomic E-state index is 0.373. The predicted molar refractivity (Wildman–Crippen MR) is 53.8 cm³/mol. The third-order valence-electron chi connectivity index (χ3n) is 2.09. The number of hydrogen-bond acceptors (Lipinski definition) is 4. The highest BCUT2D eigenvalue weighted by atomic mass is 16.5. The highest BCUT2D eigenvalue weighted by molar-refractivity contribution is 5.75. The zero-order chi connectivity index (χ0) is 10.8. The molecular formula is C10H11N3O2. The Bertz CT molecular complexity index is 505. The Balaban J connectivity index is 2.59. The fraction of sp³-hybridized carbons (Fsp3) is 0.300. The van der Waals surface area contributed by atoms with Gasteiger partial charge in [0.1, 0.15) is 6.61 Å². The summed E-state index contributed by atoms with van der Waals surface area (Å²) in [5.41, 5.74) is 2.27. The molecule has 2 heterocycles. The summed E-state index contributed by atoms with van der Waals surface area (Å²) in [6.45, 7) is 2.27.